The standard InChI is InChI=1S/C25H32ClN3O2S2.ClH/c1-5-28(6-2)15-16-29(25-27-24-18(3)21(26)13-14-22(24)33-25)23(30)8-7-17-32-20-11-9-19(31-4)10-12-20;/h9-14H,5-8,15-17H2,1-4H3;1H. The highest BCUT2D eigenvalue weighted by atomic mass is 35.5. The summed E-state index contributed by atoms with van der Waals surface area (Å²) in [7, 11) is 1.67. The predicted octanol–water partition coefficient (Wildman–Crippen LogP) is 6.94. The van der Waals surface area contributed by atoms with E-state index in [1.807, 2.05) is 36.1 Å². The van der Waals surface area contributed by atoms with E-state index in [0.717, 1.165) is 58.5 Å². The van der Waals surface area contributed by atoms with Crippen LogP contribution in [0.15, 0.2) is 41.3 Å². The summed E-state index contributed by atoms with van der Waals surface area (Å²) in [5.74, 6) is 1.86. The van der Waals surface area contributed by atoms with Crippen molar-refractivity contribution in [3.63, 3.8) is 0 Å². The lowest BCUT2D eigenvalue weighted by atomic mass is 10.2. The van der Waals surface area contributed by atoms with Crippen molar-refractivity contribution in [2.75, 3.05) is 43.9 Å². The average Bonchev–Trinajstić information content (AvgIpc) is 3.27. The highest BCUT2D eigenvalue weighted by Gasteiger charge is 2.21. The molecule has 0 N–H and O–H groups in total. The molecule has 1 amide bonds. The van der Waals surface area contributed by atoms with Crippen molar-refractivity contribution < 1.29 is 9.53 Å². The van der Waals surface area contributed by atoms with E-state index in [2.05, 4.69) is 30.9 Å². The Labute approximate surface area is 222 Å². The molecule has 0 atom stereocenters. The number of hydrogen-bond donors (Lipinski definition) is 0. The second-order valence-electron chi connectivity index (χ2n) is 7.72. The summed E-state index contributed by atoms with van der Waals surface area (Å²) in [6.45, 7) is 9.67. The first-order valence-corrected chi connectivity index (χ1v) is 13.5. The fourth-order valence-electron chi connectivity index (χ4n) is 3.53. The minimum absolute atomic E-state index is 0. The molecule has 5 nitrogen and oxygen atoms in total. The van der Waals surface area contributed by atoms with Crippen molar-refractivity contribution in [2.45, 2.75) is 38.5 Å². The number of benzene rings is 2. The van der Waals surface area contributed by atoms with E-state index in [1.165, 1.54) is 4.90 Å². The van der Waals surface area contributed by atoms with Crippen LogP contribution in [-0.2, 0) is 4.79 Å². The zero-order valence-corrected chi connectivity index (χ0v) is 23.4. The van der Waals surface area contributed by atoms with Crippen molar-refractivity contribution in [1.29, 1.82) is 0 Å². The number of ether oxygens (including phenoxy) is 1. The molecule has 0 aliphatic heterocycles. The maximum atomic E-state index is 13.3. The van der Waals surface area contributed by atoms with Crippen LogP contribution in [0.1, 0.15) is 32.3 Å². The topological polar surface area (TPSA) is 45.7 Å². The summed E-state index contributed by atoms with van der Waals surface area (Å²) in [6, 6.07) is 11.9. The number of amides is 1. The Morgan fingerprint density at radius 2 is 1.82 bits per heavy atom. The van der Waals surface area contributed by atoms with E-state index in [1.54, 1.807) is 30.2 Å². The van der Waals surface area contributed by atoms with Gasteiger partial charge < -0.3 is 9.64 Å². The van der Waals surface area contributed by atoms with Crippen molar-refractivity contribution in [3.8, 4) is 5.75 Å². The van der Waals surface area contributed by atoms with E-state index >= 15 is 0 Å². The zero-order valence-electron chi connectivity index (χ0n) is 20.2. The molecule has 1 heterocycles. The molecular weight excluding hydrogens is 509 g/mol. The quantitative estimate of drug-likeness (QED) is 0.183. The molecule has 0 unspecified atom stereocenters. The molecule has 0 bridgehead atoms. The molecule has 0 spiro atoms. The van der Waals surface area contributed by atoms with Gasteiger partial charge in [-0.2, -0.15) is 0 Å². The van der Waals surface area contributed by atoms with Gasteiger partial charge in [0.2, 0.25) is 5.91 Å². The monoisotopic (exact) mass is 541 g/mol. The Morgan fingerprint density at radius 1 is 1.12 bits per heavy atom. The number of thiazole rings is 1. The third kappa shape index (κ3) is 7.49. The van der Waals surface area contributed by atoms with Crippen molar-refractivity contribution in [3.05, 3.63) is 47.0 Å². The Balaban J connectivity index is 0.00000408. The smallest absolute Gasteiger partial charge is 0.228 e. The fourth-order valence-corrected chi connectivity index (χ4v) is 5.61. The summed E-state index contributed by atoms with van der Waals surface area (Å²) in [5, 5.41) is 1.46. The number of methoxy groups -OCH3 is 1. The third-order valence-electron chi connectivity index (χ3n) is 5.67. The highest BCUT2D eigenvalue weighted by Crippen LogP contribution is 2.34. The van der Waals surface area contributed by atoms with Gasteiger partial charge in [0.15, 0.2) is 5.13 Å². The van der Waals surface area contributed by atoms with Crippen LogP contribution in [0.5, 0.6) is 5.75 Å². The van der Waals surface area contributed by atoms with E-state index in [9.17, 15) is 4.79 Å². The fraction of sp³-hybridized carbons (Fsp3) is 0.440. The largest absolute Gasteiger partial charge is 0.497 e. The Hall–Kier alpha value is -1.51. The Kier molecular flexibility index (Phi) is 12.0. The number of nitrogens with zero attached hydrogens (tertiary/aromatic N) is 3. The Morgan fingerprint density at radius 3 is 2.47 bits per heavy atom. The summed E-state index contributed by atoms with van der Waals surface area (Å²) in [6.07, 6.45) is 1.31. The van der Waals surface area contributed by atoms with Gasteiger partial charge in [-0.1, -0.05) is 36.8 Å². The molecule has 34 heavy (non-hydrogen) atoms. The SMILES string of the molecule is CCN(CC)CCN(C(=O)CCCSc1ccc(OC)cc1)c1nc2c(C)c(Cl)ccc2s1.Cl. The number of fused-ring (bicyclic) bond motifs is 1. The number of hydrogen-bond acceptors (Lipinski definition) is 6. The van der Waals surface area contributed by atoms with Gasteiger partial charge in [0.25, 0.3) is 0 Å². The van der Waals surface area contributed by atoms with Gasteiger partial charge in [0.1, 0.15) is 5.75 Å². The maximum absolute atomic E-state index is 13.3. The first kappa shape index (κ1) is 28.7. The predicted molar refractivity (Wildman–Crippen MR) is 150 cm³/mol. The number of halogens is 2. The molecule has 0 radical (unpaired) electrons. The molecule has 3 aromatic rings. The minimum atomic E-state index is 0. The number of carbonyl (C=O) groups excluding carboxylic acids is 1. The molecule has 0 saturated carbocycles. The van der Waals surface area contributed by atoms with Crippen LogP contribution in [-0.4, -0.2) is 54.8 Å². The average molecular weight is 543 g/mol. The lowest BCUT2D eigenvalue weighted by Crippen LogP contribution is -2.38. The van der Waals surface area contributed by atoms with Crippen LogP contribution in [0.25, 0.3) is 10.2 Å². The third-order valence-corrected chi connectivity index (χ3v) is 8.22. The van der Waals surface area contributed by atoms with E-state index in [4.69, 9.17) is 21.3 Å². The van der Waals surface area contributed by atoms with Crippen LogP contribution < -0.4 is 9.64 Å². The molecule has 0 saturated heterocycles. The normalized spacial score (nSPS) is 11.0. The molecule has 9 heteroatoms. The van der Waals surface area contributed by atoms with Gasteiger partial charge in [-0.15, -0.1) is 24.2 Å². The van der Waals surface area contributed by atoms with Gasteiger partial charge in [-0.25, -0.2) is 4.98 Å². The van der Waals surface area contributed by atoms with Gasteiger partial charge in [0.05, 0.1) is 17.3 Å². The molecule has 1 aromatic heterocycles. The molecule has 186 valence electrons. The van der Waals surface area contributed by atoms with Gasteiger partial charge in [0, 0.05) is 29.4 Å². The number of carbonyl (C=O) groups is 1. The number of aromatic nitrogens is 1. The number of aryl methyl sites for hydroxylation is 1. The van der Waals surface area contributed by atoms with Crippen LogP contribution in [0, 0.1) is 6.92 Å². The molecule has 2 aromatic carbocycles. The lowest BCUT2D eigenvalue weighted by molar-refractivity contribution is -0.118. The van der Waals surface area contributed by atoms with E-state index in [0.29, 0.717) is 18.0 Å². The summed E-state index contributed by atoms with van der Waals surface area (Å²) < 4.78 is 6.27. The van der Waals surface area contributed by atoms with E-state index in [-0.39, 0.29) is 18.3 Å². The number of anilines is 1. The lowest BCUT2D eigenvalue weighted by Gasteiger charge is -2.24. The van der Waals surface area contributed by atoms with Crippen molar-refractivity contribution in [2.24, 2.45) is 0 Å². The number of thioether (sulfide) groups is 1. The van der Waals surface area contributed by atoms with Crippen molar-refractivity contribution >= 4 is 68.4 Å². The number of rotatable bonds is 12. The minimum Gasteiger partial charge on any atom is -0.497 e. The second kappa shape index (κ2) is 14.1. The molecule has 3 rings (SSSR count). The van der Waals surface area contributed by atoms with Crippen LogP contribution in [0.4, 0.5) is 5.13 Å². The van der Waals surface area contributed by atoms with Gasteiger partial charge in [-0.05, 0) is 74.1 Å². The van der Waals surface area contributed by atoms with Crippen LogP contribution in [0.3, 0.4) is 0 Å². The molecule has 0 fully saturated rings. The maximum Gasteiger partial charge on any atom is 0.228 e. The summed E-state index contributed by atoms with van der Waals surface area (Å²) in [4.78, 5) is 23.5. The summed E-state index contributed by atoms with van der Waals surface area (Å²) in [5.41, 5.74) is 1.85. The number of likely N-dealkylation sites (N-methyl/N-ethyl adjacent to an activating group) is 1. The van der Waals surface area contributed by atoms with Gasteiger partial charge >= 0.3 is 0 Å². The first-order valence-electron chi connectivity index (χ1n) is 11.3. The molecular formula is C25H33Cl2N3O2S2. The summed E-state index contributed by atoms with van der Waals surface area (Å²) >= 11 is 9.62. The molecule has 0 aliphatic rings. The van der Waals surface area contributed by atoms with Crippen LogP contribution >= 0.6 is 47.1 Å². The zero-order chi connectivity index (χ0) is 23.8. The van der Waals surface area contributed by atoms with Gasteiger partial charge in [-0.3, -0.25) is 9.69 Å². The van der Waals surface area contributed by atoms with Crippen molar-refractivity contribution in [1.82, 2.24) is 9.88 Å². The molecule has 0 aliphatic carbocycles. The van der Waals surface area contributed by atoms with Crippen LogP contribution in [0.2, 0.25) is 5.02 Å². The first-order chi connectivity index (χ1) is 16.0. The highest BCUT2D eigenvalue weighted by molar-refractivity contribution is 7.99. The van der Waals surface area contributed by atoms with E-state index < -0.39 is 0 Å². The second-order valence-corrected chi connectivity index (χ2v) is 10.3. The Bertz CT molecular complexity index is 1060.